The number of nitrogens with zero attached hydrogens (tertiary/aromatic N) is 2. The van der Waals surface area contributed by atoms with E-state index >= 15 is 0 Å². The lowest BCUT2D eigenvalue weighted by molar-refractivity contribution is 0.467. The molecule has 0 spiro atoms. The highest BCUT2D eigenvalue weighted by atomic mass is 32.1. The fourth-order valence-corrected chi connectivity index (χ4v) is 8.10. The van der Waals surface area contributed by atoms with Gasteiger partial charge >= 0.3 is 0 Å². The van der Waals surface area contributed by atoms with Crippen LogP contribution in [0.25, 0.3) is 58.8 Å². The summed E-state index contributed by atoms with van der Waals surface area (Å²) < 4.78 is 5.00. The van der Waals surface area contributed by atoms with Crippen LogP contribution >= 0.6 is 11.3 Å². The van der Waals surface area contributed by atoms with Crippen LogP contribution in [0, 0.1) is 0 Å². The first-order valence-corrected chi connectivity index (χ1v) is 17.7. The van der Waals surface area contributed by atoms with Crippen molar-refractivity contribution in [1.82, 2.24) is 9.88 Å². The van der Waals surface area contributed by atoms with Gasteiger partial charge in [0.15, 0.2) is 0 Å². The fourth-order valence-electron chi connectivity index (χ4n) is 6.98. The molecule has 240 valence electrons. The molecule has 0 bridgehead atoms. The van der Waals surface area contributed by atoms with E-state index in [0.717, 1.165) is 27.9 Å². The van der Waals surface area contributed by atoms with Gasteiger partial charge in [0.1, 0.15) is 6.17 Å². The molecular weight excluding hydrogens is 629 g/mol. The molecule has 3 N–H and O–H groups in total. The SMILES string of the molecule is NC(NC(/N=C/c1ccc(-n2c3ccccc3c3cc4c(cc32)sc2ccccc24)cc1)c1ccc(-c2ccccc2)cc1)c1ccccc1. The molecule has 0 aliphatic heterocycles. The van der Waals surface area contributed by atoms with Crippen LogP contribution in [-0.4, -0.2) is 10.8 Å². The number of benzene rings is 7. The lowest BCUT2D eigenvalue weighted by atomic mass is 10.0. The van der Waals surface area contributed by atoms with Crippen LogP contribution < -0.4 is 11.1 Å². The van der Waals surface area contributed by atoms with E-state index in [0.29, 0.717) is 0 Å². The topological polar surface area (TPSA) is 55.3 Å². The highest BCUT2D eigenvalue weighted by Gasteiger charge is 2.17. The quantitative estimate of drug-likeness (QED) is 0.126. The number of nitrogens with one attached hydrogen (secondary N) is 1. The predicted octanol–water partition coefficient (Wildman–Crippen LogP) is 11.2. The van der Waals surface area contributed by atoms with Gasteiger partial charge in [0.25, 0.3) is 0 Å². The Morgan fingerprint density at radius 2 is 1.20 bits per heavy atom. The van der Waals surface area contributed by atoms with Crippen molar-refractivity contribution in [3.8, 4) is 16.8 Å². The monoisotopic (exact) mass is 662 g/mol. The lowest BCUT2D eigenvalue weighted by Gasteiger charge is -2.21. The van der Waals surface area contributed by atoms with E-state index in [4.69, 9.17) is 10.7 Å². The second kappa shape index (κ2) is 12.9. The first-order valence-electron chi connectivity index (χ1n) is 16.9. The third kappa shape index (κ3) is 5.57. The molecule has 9 aromatic rings. The molecule has 0 saturated heterocycles. The number of para-hydroxylation sites is 1. The van der Waals surface area contributed by atoms with E-state index < -0.39 is 0 Å². The molecule has 0 aliphatic carbocycles. The number of aromatic nitrogens is 1. The van der Waals surface area contributed by atoms with Crippen LogP contribution in [0.1, 0.15) is 29.0 Å². The van der Waals surface area contributed by atoms with Gasteiger partial charge in [-0.2, -0.15) is 0 Å². The van der Waals surface area contributed by atoms with Gasteiger partial charge in [0.2, 0.25) is 0 Å². The summed E-state index contributed by atoms with van der Waals surface area (Å²) in [6, 6.07) is 59.9. The van der Waals surface area contributed by atoms with Crippen molar-refractivity contribution in [2.45, 2.75) is 12.3 Å². The van der Waals surface area contributed by atoms with Gasteiger partial charge in [0.05, 0.1) is 17.2 Å². The van der Waals surface area contributed by atoms with Crippen molar-refractivity contribution in [3.05, 3.63) is 187 Å². The number of fused-ring (bicyclic) bond motifs is 6. The minimum Gasteiger partial charge on any atom is -0.312 e. The fraction of sp³-hybridized carbons (Fsp3) is 0.0444. The Bertz CT molecular complexity index is 2620. The number of hydrogen-bond donors (Lipinski definition) is 2. The zero-order chi connectivity index (χ0) is 33.4. The second-order valence-corrected chi connectivity index (χ2v) is 13.7. The van der Waals surface area contributed by atoms with E-state index in [9.17, 15) is 0 Å². The van der Waals surface area contributed by atoms with Crippen molar-refractivity contribution < 1.29 is 0 Å². The Balaban J connectivity index is 1.06. The summed E-state index contributed by atoms with van der Waals surface area (Å²) in [5.74, 6) is 0. The van der Waals surface area contributed by atoms with Gasteiger partial charge in [-0.05, 0) is 64.2 Å². The number of nitrogens with two attached hydrogens (primary N) is 1. The summed E-state index contributed by atoms with van der Waals surface area (Å²) in [4.78, 5) is 5.06. The average Bonchev–Trinajstić information content (AvgIpc) is 3.71. The Hall–Kier alpha value is -5.85. The van der Waals surface area contributed by atoms with Crippen LogP contribution in [0.2, 0.25) is 0 Å². The van der Waals surface area contributed by atoms with Gasteiger partial charge in [0, 0.05) is 42.8 Å². The molecule has 0 saturated carbocycles. The van der Waals surface area contributed by atoms with E-state index in [1.54, 1.807) is 0 Å². The summed E-state index contributed by atoms with van der Waals surface area (Å²) in [5.41, 5.74) is 15.6. The molecule has 0 fully saturated rings. The number of rotatable bonds is 8. The first-order chi connectivity index (χ1) is 24.7. The standard InChI is InChI=1S/C45H34N4S/c46-44(33-13-5-2-6-14-33)48-45(34-23-21-32(22-24-34)31-11-3-1-4-12-31)47-29-30-19-25-35(26-20-30)49-40-17-9-7-15-36(40)38-27-39-37-16-8-10-18-42(37)50-43(39)28-41(38)49/h1-29,44-45,48H,46H2/b47-29+. The van der Waals surface area contributed by atoms with Crippen LogP contribution in [0.15, 0.2) is 175 Å². The van der Waals surface area contributed by atoms with Crippen LogP contribution in [0.5, 0.6) is 0 Å². The summed E-state index contributed by atoms with van der Waals surface area (Å²) >= 11 is 1.86. The van der Waals surface area contributed by atoms with E-state index in [2.05, 4.69) is 143 Å². The summed E-state index contributed by atoms with van der Waals surface area (Å²) in [6.45, 7) is 0. The second-order valence-electron chi connectivity index (χ2n) is 12.6. The molecule has 50 heavy (non-hydrogen) atoms. The van der Waals surface area contributed by atoms with Gasteiger partial charge in [-0.15, -0.1) is 11.3 Å². The van der Waals surface area contributed by atoms with Gasteiger partial charge < -0.3 is 10.3 Å². The lowest BCUT2D eigenvalue weighted by Crippen LogP contribution is -2.31. The summed E-state index contributed by atoms with van der Waals surface area (Å²) in [6.07, 6.45) is 1.23. The first kappa shape index (κ1) is 30.2. The molecule has 2 unspecified atom stereocenters. The normalized spacial score (nSPS) is 13.1. The maximum absolute atomic E-state index is 6.66. The van der Waals surface area contributed by atoms with Crippen molar-refractivity contribution in [2.24, 2.45) is 10.7 Å². The molecule has 9 rings (SSSR count). The van der Waals surface area contributed by atoms with Crippen molar-refractivity contribution in [2.75, 3.05) is 0 Å². The number of thiophene rings is 1. The molecule has 0 radical (unpaired) electrons. The van der Waals surface area contributed by atoms with Crippen molar-refractivity contribution in [3.63, 3.8) is 0 Å². The van der Waals surface area contributed by atoms with E-state index in [1.165, 1.54) is 47.5 Å². The minimum absolute atomic E-state index is 0.337. The third-order valence-corrected chi connectivity index (χ3v) is 10.7. The minimum atomic E-state index is -0.378. The number of aliphatic imine (C=N–C) groups is 1. The van der Waals surface area contributed by atoms with Crippen molar-refractivity contribution in [1.29, 1.82) is 0 Å². The molecule has 7 aromatic carbocycles. The predicted molar refractivity (Wildman–Crippen MR) is 212 cm³/mol. The van der Waals surface area contributed by atoms with E-state index in [1.807, 2.05) is 53.9 Å². The molecule has 2 heterocycles. The molecule has 0 amide bonds. The van der Waals surface area contributed by atoms with Crippen molar-refractivity contribution >= 4 is 59.5 Å². The third-order valence-electron chi connectivity index (χ3n) is 9.52. The Labute approximate surface area is 294 Å². The average molecular weight is 663 g/mol. The summed E-state index contributed by atoms with van der Waals surface area (Å²) in [5, 5.41) is 8.71. The smallest absolute Gasteiger partial charge is 0.127 e. The Morgan fingerprint density at radius 3 is 1.98 bits per heavy atom. The largest absolute Gasteiger partial charge is 0.312 e. The molecule has 4 nitrogen and oxygen atoms in total. The number of hydrogen-bond acceptors (Lipinski definition) is 4. The summed E-state index contributed by atoms with van der Waals surface area (Å²) in [7, 11) is 0. The molecule has 2 aromatic heterocycles. The van der Waals surface area contributed by atoms with Crippen LogP contribution in [0.3, 0.4) is 0 Å². The van der Waals surface area contributed by atoms with Crippen LogP contribution in [-0.2, 0) is 0 Å². The maximum Gasteiger partial charge on any atom is 0.127 e. The van der Waals surface area contributed by atoms with Gasteiger partial charge in [-0.25, -0.2) is 0 Å². The Kier molecular flexibility index (Phi) is 7.79. The molecular formula is C45H34N4S. The molecule has 5 heteroatoms. The van der Waals surface area contributed by atoms with Gasteiger partial charge in [-0.3, -0.25) is 10.3 Å². The van der Waals surface area contributed by atoms with E-state index in [-0.39, 0.29) is 12.3 Å². The zero-order valence-electron chi connectivity index (χ0n) is 27.3. The Morgan fingerprint density at radius 1 is 0.540 bits per heavy atom. The van der Waals surface area contributed by atoms with Crippen LogP contribution in [0.4, 0.5) is 0 Å². The maximum atomic E-state index is 6.66. The molecule has 0 aliphatic rings. The molecule has 2 atom stereocenters. The van der Waals surface area contributed by atoms with Gasteiger partial charge in [-0.1, -0.05) is 133 Å². The highest BCUT2D eigenvalue weighted by Crippen LogP contribution is 2.40. The zero-order valence-corrected chi connectivity index (χ0v) is 28.1. The highest BCUT2D eigenvalue weighted by molar-refractivity contribution is 7.25.